The van der Waals surface area contributed by atoms with Crippen LogP contribution in [0.3, 0.4) is 0 Å². The number of terminal acetylenes is 5. The van der Waals surface area contributed by atoms with Gasteiger partial charge in [0.1, 0.15) is 15.0 Å². The van der Waals surface area contributed by atoms with Crippen molar-refractivity contribution in [2.24, 2.45) is 0 Å². The van der Waals surface area contributed by atoms with Crippen LogP contribution in [0.25, 0.3) is 76.1 Å². The molecular formula is C92H81B33. The Bertz CT molecular complexity index is 7390. The summed E-state index contributed by atoms with van der Waals surface area (Å²) in [5, 5.41) is 9.61. The summed E-state index contributed by atoms with van der Waals surface area (Å²) >= 11 is 0. The number of rotatable bonds is 17. The van der Waals surface area contributed by atoms with Gasteiger partial charge in [-0.05, 0) is 336 Å². The molecule has 8 aromatic rings. The van der Waals surface area contributed by atoms with Crippen LogP contribution in [0.4, 0.5) is 0 Å². The first-order valence-electron chi connectivity index (χ1n) is 43.8. The van der Waals surface area contributed by atoms with Crippen LogP contribution in [0.5, 0.6) is 0 Å². The van der Waals surface area contributed by atoms with Crippen LogP contribution in [0, 0.1) is 313 Å². The molecule has 8 rings (SSSR count). The average Bonchev–Trinajstić information content (AvgIpc) is 0.678. The summed E-state index contributed by atoms with van der Waals surface area (Å²) in [5.41, 5.74) is 27.4. The van der Waals surface area contributed by atoms with Crippen LogP contribution in [-0.4, -0.2) is 239 Å². The van der Waals surface area contributed by atoms with Crippen LogP contribution < -0.4 is 38.2 Å². The highest BCUT2D eigenvalue weighted by Crippen LogP contribution is 2.54. The Hall–Kier alpha value is -12.0. The summed E-state index contributed by atoms with van der Waals surface area (Å²) in [6.45, 7) is 26.7. The molecule has 0 atom stereocenters. The third kappa shape index (κ3) is 19.3. The molecule has 0 aliphatic rings. The molecule has 0 fully saturated rings. The Morgan fingerprint density at radius 1 is 0.264 bits per heavy atom. The second-order valence-corrected chi connectivity index (χ2v) is 34.3. The molecule has 0 N–H and O–H groups in total. The number of benzene rings is 8. The van der Waals surface area contributed by atoms with Crippen molar-refractivity contribution in [1.29, 1.82) is 0 Å². The maximum atomic E-state index is 6.96. The normalized spacial score (nSPS) is 9.11. The van der Waals surface area contributed by atoms with Crippen molar-refractivity contribution in [3.8, 4) is 273 Å². The first kappa shape index (κ1) is 98.4. The SMILES string of the molecule is BBB(B)B(B(B)B)c1c(B(B(B)B)B(B)B)c(B(BB)B(B)B)c(B(B)B(B)B)c2c(B(B)BB)c(-c3c4c(C)c(C)c(C)c(C)c4c(C)c4c(-c5c(C#CC#CC#CC#CC#C)c6c(C)c(C#C)c(C#CC)c(C#CC#C)c6c6c(C#CC#CC)c(C#CC#CC#C)c(C#CC#CC#CC)c(C#CC#CC#CC#C)c56)c(C)c(C)c(C)c34)c(BB)c(B)c12. The lowest BCUT2D eigenvalue weighted by Crippen LogP contribution is -2.80. The highest BCUT2D eigenvalue weighted by molar-refractivity contribution is 7.89. The maximum Gasteiger partial charge on any atom is 0.139 e. The molecule has 0 aliphatic heterocycles. The van der Waals surface area contributed by atoms with Crippen molar-refractivity contribution in [2.45, 2.75) is 83.1 Å². The Balaban J connectivity index is 2.13. The zero-order valence-electron chi connectivity index (χ0n) is 79.6. The molecule has 0 unspecified atom stereocenters. The van der Waals surface area contributed by atoms with Crippen LogP contribution in [0.2, 0.25) is 0 Å². The summed E-state index contributed by atoms with van der Waals surface area (Å²) in [5.74, 6) is 112. The first-order valence-corrected chi connectivity index (χ1v) is 43.8. The van der Waals surface area contributed by atoms with Gasteiger partial charge in [0.05, 0.1) is 212 Å². The smallest absolute Gasteiger partial charge is 0.115 e. The molecule has 0 aliphatic carbocycles. The average molecular weight is 1540 g/mol. The number of hydrogen-bond donors (Lipinski definition) is 0. The van der Waals surface area contributed by atoms with Crippen LogP contribution >= 0.6 is 0 Å². The van der Waals surface area contributed by atoms with E-state index >= 15 is 0 Å². The van der Waals surface area contributed by atoms with Crippen LogP contribution in [0.1, 0.15) is 115 Å². The van der Waals surface area contributed by atoms with Gasteiger partial charge < -0.3 is 0 Å². The molecule has 0 aromatic heterocycles. The van der Waals surface area contributed by atoms with Crippen molar-refractivity contribution < 1.29 is 0 Å². The van der Waals surface area contributed by atoms with Gasteiger partial charge >= 0.3 is 0 Å². The van der Waals surface area contributed by atoms with Gasteiger partial charge in [0, 0.05) is 83.6 Å². The van der Waals surface area contributed by atoms with E-state index in [0.717, 1.165) is 72.3 Å². The van der Waals surface area contributed by atoms with Gasteiger partial charge in [-0.1, -0.05) is 86.5 Å². The van der Waals surface area contributed by atoms with Gasteiger partial charge in [-0.15, -0.1) is 49.0 Å². The first-order chi connectivity index (χ1) is 59.8. The van der Waals surface area contributed by atoms with E-state index < -0.39 is 0 Å². The highest BCUT2D eigenvalue weighted by Gasteiger charge is 2.44. The zero-order chi connectivity index (χ0) is 92.3. The molecule has 33 heteroatoms. The van der Waals surface area contributed by atoms with Gasteiger partial charge in [-0.25, -0.2) is 0 Å². The van der Waals surface area contributed by atoms with E-state index in [1.807, 2.05) is 6.92 Å². The molecule has 0 heterocycles. The van der Waals surface area contributed by atoms with E-state index in [1.54, 1.807) is 37.2 Å². The Kier molecular flexibility index (Phi) is 35.0. The fourth-order valence-electron chi connectivity index (χ4n) is 19.7. The summed E-state index contributed by atoms with van der Waals surface area (Å²) in [7, 11) is 48.4. The number of aryl methyl sites for hydroxylation is 5. The van der Waals surface area contributed by atoms with Crippen molar-refractivity contribution in [3.63, 3.8) is 0 Å². The molecule has 0 amide bonds. The van der Waals surface area contributed by atoms with Crippen LogP contribution in [-0.2, 0) is 0 Å². The largest absolute Gasteiger partial charge is 0.139 e. The topological polar surface area (TPSA) is 0 Å². The zero-order valence-corrected chi connectivity index (χ0v) is 79.6. The molecule has 125 heavy (non-hydrogen) atoms. The summed E-state index contributed by atoms with van der Waals surface area (Å²) < 4.78 is 0. The highest BCUT2D eigenvalue weighted by atomic mass is 14.3. The van der Waals surface area contributed by atoms with Gasteiger partial charge in [0.2, 0.25) is 0 Å². The fourth-order valence-corrected chi connectivity index (χ4v) is 19.7. The quantitative estimate of drug-likeness (QED) is 0.0369. The van der Waals surface area contributed by atoms with Crippen molar-refractivity contribution in [2.75, 3.05) is 0 Å². The Morgan fingerprint density at radius 3 is 1.12 bits per heavy atom. The van der Waals surface area contributed by atoms with Crippen molar-refractivity contribution in [3.05, 3.63) is 94.6 Å². The van der Waals surface area contributed by atoms with Gasteiger partial charge in [-0.2, -0.15) is 0 Å². The lowest BCUT2D eigenvalue weighted by atomic mass is 8.66. The summed E-state index contributed by atoms with van der Waals surface area (Å²) in [6.07, 6.45) is 32.4. The van der Waals surface area contributed by atoms with E-state index in [1.165, 1.54) is 71.4 Å². The lowest BCUT2D eigenvalue weighted by Gasteiger charge is -2.42. The molecule has 0 nitrogen and oxygen atoms in total. The molecular weight excluding hydrogens is 1460 g/mol. The molecule has 0 bridgehead atoms. The minimum atomic E-state index is 0.0376. The molecule has 0 saturated carbocycles. The predicted octanol–water partition coefficient (Wildman–Crippen LogP) is -14.4. The molecule has 0 saturated heterocycles. The number of hydrogen-bond acceptors (Lipinski definition) is 0. The second kappa shape index (κ2) is 44.5. The predicted molar refractivity (Wildman–Crippen MR) is 629 cm³/mol. The third-order valence-electron chi connectivity index (χ3n) is 26.1. The van der Waals surface area contributed by atoms with E-state index in [2.05, 4.69) is 414 Å². The fraction of sp³-hybridized carbons (Fsp3) is 0.130. The second-order valence-electron chi connectivity index (χ2n) is 34.3. The van der Waals surface area contributed by atoms with Gasteiger partial charge in [0.25, 0.3) is 0 Å². The summed E-state index contributed by atoms with van der Waals surface area (Å²) in [6, 6.07) is 0. The van der Waals surface area contributed by atoms with E-state index in [0.29, 0.717) is 109 Å². The monoisotopic (exact) mass is 1550 g/mol. The van der Waals surface area contributed by atoms with Gasteiger partial charge in [0.15, 0.2) is 0 Å². The van der Waals surface area contributed by atoms with Crippen LogP contribution in [0.15, 0.2) is 0 Å². The minimum absolute atomic E-state index is 0.0376. The number of fused-ring (bicyclic) bond motifs is 6. The summed E-state index contributed by atoms with van der Waals surface area (Å²) in [4.78, 5) is 0. The molecule has 548 valence electrons. The van der Waals surface area contributed by atoms with E-state index in [-0.39, 0.29) is 38.9 Å². The van der Waals surface area contributed by atoms with Crippen molar-refractivity contribution >= 4 is 331 Å². The van der Waals surface area contributed by atoms with Gasteiger partial charge in [-0.3, -0.25) is 0 Å². The third-order valence-corrected chi connectivity index (χ3v) is 26.1. The van der Waals surface area contributed by atoms with Crippen molar-refractivity contribution in [1.82, 2.24) is 0 Å². The Labute approximate surface area is 775 Å². The molecule has 0 radical (unpaired) electrons. The minimum Gasteiger partial charge on any atom is -0.115 e. The Morgan fingerprint density at radius 2 is 0.672 bits per heavy atom. The standard InChI is InChI=1S/C92H81B33/c1-18-26-32-36-38-39-42-47-54-71-73-62(16)64(25-8)65(48-24-7)68(49-31-23-6)78(73)79-69(52-43-30-22-5)66(50-44-35-29-21-4)67(51-45-40-34-28-20-3)70(53-46-41-37-33-27-19-2)80(79)81(71)75-60(14)57(11)61(15)76-77(75)63(17)72-58(12)55(9)56(10)59(13)74(72)82(76)84-87(111-94)86(93)83-85(88(84)115(98)112-95)89(116(99)120(100)101)91(117(113-96)121(102)103)92(118(122(104)105)123(106)107)90(83)119(124(108)109)125(110)114-97/h1-2,4,6,8,111-114H,93-110H2,3,5,7,9-17H3. The maximum absolute atomic E-state index is 6.96. The van der Waals surface area contributed by atoms with E-state index in [4.69, 9.17) is 32.1 Å². The van der Waals surface area contributed by atoms with E-state index in [9.17, 15) is 0 Å². The lowest BCUT2D eigenvalue weighted by molar-refractivity contribution is 1.25. The molecule has 8 aromatic carbocycles. The molecule has 0 spiro atoms.